The highest BCUT2D eigenvalue weighted by atomic mass is 16.6. The predicted octanol–water partition coefficient (Wildman–Crippen LogP) is 2.46. The van der Waals surface area contributed by atoms with Gasteiger partial charge in [-0.15, -0.1) is 0 Å². The standard InChI is InChI=1S/C18H28N2O4/c1-18(2,3)24-17(21)20-10-9-19-12-14(20)11-13-7-6-8-15(22-4)16(13)23-5/h6-8,14,19H,9-12H2,1-5H3. The van der Waals surface area contributed by atoms with Crippen molar-refractivity contribution in [1.82, 2.24) is 10.2 Å². The summed E-state index contributed by atoms with van der Waals surface area (Å²) in [7, 11) is 3.25. The number of hydrogen-bond donors (Lipinski definition) is 1. The molecule has 2 rings (SSSR count). The van der Waals surface area contributed by atoms with Crippen LogP contribution in [-0.4, -0.2) is 56.5 Å². The van der Waals surface area contributed by atoms with Crippen LogP contribution in [0.5, 0.6) is 11.5 Å². The summed E-state index contributed by atoms with van der Waals surface area (Å²) in [5, 5.41) is 3.35. The SMILES string of the molecule is COc1cccc(CC2CNCCN2C(=O)OC(C)(C)C)c1OC. The lowest BCUT2D eigenvalue weighted by Gasteiger charge is -2.37. The van der Waals surface area contributed by atoms with Gasteiger partial charge in [0.1, 0.15) is 5.60 Å². The van der Waals surface area contributed by atoms with Crippen molar-refractivity contribution in [3.8, 4) is 11.5 Å². The molecule has 0 bridgehead atoms. The van der Waals surface area contributed by atoms with Gasteiger partial charge >= 0.3 is 6.09 Å². The fraction of sp³-hybridized carbons (Fsp3) is 0.611. The van der Waals surface area contributed by atoms with Gasteiger partial charge in [0.2, 0.25) is 0 Å². The number of para-hydroxylation sites is 1. The largest absolute Gasteiger partial charge is 0.493 e. The Kier molecular flexibility index (Phi) is 5.94. The zero-order valence-corrected chi connectivity index (χ0v) is 15.2. The second kappa shape index (κ2) is 7.75. The molecule has 1 saturated heterocycles. The Balaban J connectivity index is 2.18. The van der Waals surface area contributed by atoms with Crippen molar-refractivity contribution in [3.63, 3.8) is 0 Å². The van der Waals surface area contributed by atoms with Crippen LogP contribution in [0.3, 0.4) is 0 Å². The third-order valence-corrected chi connectivity index (χ3v) is 3.92. The van der Waals surface area contributed by atoms with E-state index in [1.54, 1.807) is 19.1 Å². The first-order valence-corrected chi connectivity index (χ1v) is 8.26. The van der Waals surface area contributed by atoms with Crippen molar-refractivity contribution in [3.05, 3.63) is 23.8 Å². The highest BCUT2D eigenvalue weighted by Crippen LogP contribution is 2.32. The molecule has 0 radical (unpaired) electrons. The van der Waals surface area contributed by atoms with E-state index in [1.165, 1.54) is 0 Å². The Morgan fingerprint density at radius 3 is 2.67 bits per heavy atom. The summed E-state index contributed by atoms with van der Waals surface area (Å²) in [6.45, 7) is 7.77. The molecule has 0 aliphatic carbocycles. The molecule has 1 unspecified atom stereocenters. The quantitative estimate of drug-likeness (QED) is 0.915. The van der Waals surface area contributed by atoms with Crippen molar-refractivity contribution in [2.45, 2.75) is 38.8 Å². The van der Waals surface area contributed by atoms with Gasteiger partial charge in [0.15, 0.2) is 11.5 Å². The maximum atomic E-state index is 12.5. The molecular formula is C18H28N2O4. The fourth-order valence-electron chi connectivity index (χ4n) is 2.87. The lowest BCUT2D eigenvalue weighted by molar-refractivity contribution is 0.0121. The van der Waals surface area contributed by atoms with Gasteiger partial charge in [-0.1, -0.05) is 12.1 Å². The molecule has 1 heterocycles. The number of methoxy groups -OCH3 is 2. The van der Waals surface area contributed by atoms with E-state index in [9.17, 15) is 4.79 Å². The van der Waals surface area contributed by atoms with Gasteiger partial charge in [-0.05, 0) is 33.3 Å². The average Bonchev–Trinajstić information content (AvgIpc) is 2.53. The summed E-state index contributed by atoms with van der Waals surface area (Å²) >= 11 is 0. The third-order valence-electron chi connectivity index (χ3n) is 3.92. The normalized spacial score (nSPS) is 18.2. The molecule has 1 fully saturated rings. The van der Waals surface area contributed by atoms with E-state index in [4.69, 9.17) is 14.2 Å². The van der Waals surface area contributed by atoms with Crippen LogP contribution in [0, 0.1) is 0 Å². The average molecular weight is 336 g/mol. The molecule has 1 atom stereocenters. The maximum Gasteiger partial charge on any atom is 0.410 e. The van der Waals surface area contributed by atoms with Gasteiger partial charge in [-0.3, -0.25) is 0 Å². The number of nitrogens with one attached hydrogen (secondary N) is 1. The minimum Gasteiger partial charge on any atom is -0.493 e. The maximum absolute atomic E-state index is 12.5. The van der Waals surface area contributed by atoms with Crippen molar-refractivity contribution in [2.75, 3.05) is 33.9 Å². The summed E-state index contributed by atoms with van der Waals surface area (Å²) < 4.78 is 16.4. The molecule has 0 spiro atoms. The van der Waals surface area contributed by atoms with Gasteiger partial charge in [0.25, 0.3) is 0 Å². The van der Waals surface area contributed by atoms with E-state index in [0.717, 1.165) is 24.4 Å². The van der Waals surface area contributed by atoms with Gasteiger partial charge in [-0.2, -0.15) is 0 Å². The number of amides is 1. The van der Waals surface area contributed by atoms with Crippen molar-refractivity contribution in [1.29, 1.82) is 0 Å². The zero-order chi connectivity index (χ0) is 17.7. The van der Waals surface area contributed by atoms with Gasteiger partial charge in [-0.25, -0.2) is 4.79 Å². The number of hydrogen-bond acceptors (Lipinski definition) is 5. The van der Waals surface area contributed by atoms with E-state index in [0.29, 0.717) is 18.7 Å². The Labute approximate surface area is 144 Å². The summed E-state index contributed by atoms with van der Waals surface area (Å²) in [6.07, 6.45) is 0.406. The molecule has 1 aliphatic heterocycles. The van der Waals surface area contributed by atoms with Crippen LogP contribution in [0.2, 0.25) is 0 Å². The molecule has 6 heteroatoms. The zero-order valence-electron chi connectivity index (χ0n) is 15.2. The van der Waals surface area contributed by atoms with Crippen LogP contribution in [0.1, 0.15) is 26.3 Å². The topological polar surface area (TPSA) is 60.0 Å². The Morgan fingerprint density at radius 1 is 1.29 bits per heavy atom. The van der Waals surface area contributed by atoms with Crippen LogP contribution in [-0.2, 0) is 11.2 Å². The molecule has 0 aromatic heterocycles. The number of nitrogens with zero attached hydrogens (tertiary/aromatic N) is 1. The number of rotatable bonds is 4. The molecule has 0 saturated carbocycles. The van der Waals surface area contributed by atoms with Crippen molar-refractivity contribution in [2.24, 2.45) is 0 Å². The van der Waals surface area contributed by atoms with Crippen LogP contribution in [0.4, 0.5) is 4.79 Å². The summed E-state index contributed by atoms with van der Waals surface area (Å²) in [5.74, 6) is 1.41. The highest BCUT2D eigenvalue weighted by Gasteiger charge is 2.31. The third kappa shape index (κ3) is 4.54. The Morgan fingerprint density at radius 2 is 2.04 bits per heavy atom. The molecule has 1 aromatic carbocycles. The van der Waals surface area contributed by atoms with Crippen LogP contribution in [0.15, 0.2) is 18.2 Å². The minimum absolute atomic E-state index is 0.00889. The molecular weight excluding hydrogens is 308 g/mol. The van der Waals surface area contributed by atoms with Gasteiger partial charge in [0.05, 0.1) is 20.3 Å². The van der Waals surface area contributed by atoms with Crippen LogP contribution < -0.4 is 14.8 Å². The lowest BCUT2D eigenvalue weighted by atomic mass is 10.0. The molecule has 1 aromatic rings. The summed E-state index contributed by atoms with van der Waals surface area (Å²) in [5.41, 5.74) is 0.513. The smallest absolute Gasteiger partial charge is 0.410 e. The molecule has 134 valence electrons. The van der Waals surface area contributed by atoms with E-state index < -0.39 is 5.60 Å². The number of piperazine rings is 1. The summed E-state index contributed by atoms with van der Waals surface area (Å²) in [4.78, 5) is 14.3. The molecule has 6 nitrogen and oxygen atoms in total. The Hall–Kier alpha value is -1.95. The van der Waals surface area contributed by atoms with Crippen molar-refractivity contribution < 1.29 is 19.0 Å². The first-order valence-electron chi connectivity index (χ1n) is 8.26. The highest BCUT2D eigenvalue weighted by molar-refractivity contribution is 5.69. The first kappa shape index (κ1) is 18.4. The number of carbonyl (C=O) groups excluding carboxylic acids is 1. The van der Waals surface area contributed by atoms with Crippen LogP contribution >= 0.6 is 0 Å². The molecule has 1 amide bonds. The van der Waals surface area contributed by atoms with E-state index in [2.05, 4.69) is 5.32 Å². The van der Waals surface area contributed by atoms with E-state index >= 15 is 0 Å². The molecule has 24 heavy (non-hydrogen) atoms. The lowest BCUT2D eigenvalue weighted by Crippen LogP contribution is -2.55. The fourth-order valence-corrected chi connectivity index (χ4v) is 2.87. The molecule has 1 N–H and O–H groups in total. The second-order valence-electron chi connectivity index (χ2n) is 6.89. The monoisotopic (exact) mass is 336 g/mol. The number of carbonyl (C=O) groups is 1. The number of benzene rings is 1. The molecule has 1 aliphatic rings. The predicted molar refractivity (Wildman–Crippen MR) is 92.8 cm³/mol. The second-order valence-corrected chi connectivity index (χ2v) is 6.89. The van der Waals surface area contributed by atoms with Gasteiger partial charge < -0.3 is 24.4 Å². The first-order chi connectivity index (χ1) is 11.4. The van der Waals surface area contributed by atoms with E-state index in [-0.39, 0.29) is 12.1 Å². The van der Waals surface area contributed by atoms with E-state index in [1.807, 2.05) is 39.0 Å². The van der Waals surface area contributed by atoms with Crippen molar-refractivity contribution >= 4 is 6.09 Å². The summed E-state index contributed by atoms with van der Waals surface area (Å²) in [6, 6.07) is 5.82. The number of ether oxygens (including phenoxy) is 3. The Bertz CT molecular complexity index is 569. The minimum atomic E-state index is -0.500. The van der Waals surface area contributed by atoms with Crippen LogP contribution in [0.25, 0.3) is 0 Å². The van der Waals surface area contributed by atoms with Gasteiger partial charge in [0, 0.05) is 25.2 Å².